The first-order valence-corrected chi connectivity index (χ1v) is 13.2. The van der Waals surface area contributed by atoms with Gasteiger partial charge in [-0.15, -0.1) is 4.31 Å². The number of fused-ring (bicyclic) bond motifs is 1. The van der Waals surface area contributed by atoms with Crippen molar-refractivity contribution in [1.82, 2.24) is 19.6 Å². The summed E-state index contributed by atoms with van der Waals surface area (Å²) in [6, 6.07) is 12.1. The highest BCUT2D eigenvalue weighted by atomic mass is 32.2. The topological polar surface area (TPSA) is 101 Å². The van der Waals surface area contributed by atoms with Gasteiger partial charge < -0.3 is 15.0 Å². The lowest BCUT2D eigenvalue weighted by atomic mass is 9.94. The summed E-state index contributed by atoms with van der Waals surface area (Å²) in [5, 5.41) is 11.8. The van der Waals surface area contributed by atoms with Crippen molar-refractivity contribution in [2.45, 2.75) is 50.7 Å². The Balaban J connectivity index is 1.86. The third kappa shape index (κ3) is 6.17. The van der Waals surface area contributed by atoms with E-state index in [1.165, 1.54) is 6.07 Å². The van der Waals surface area contributed by atoms with E-state index in [9.17, 15) is 27.6 Å². The summed E-state index contributed by atoms with van der Waals surface area (Å²) in [5.74, 6) is -0.955. The number of carbonyl (C=O) groups excluding carboxylic acids is 1. The number of hydrogen-bond donors (Lipinski definition) is 2. The van der Waals surface area contributed by atoms with Crippen molar-refractivity contribution >= 4 is 17.3 Å². The van der Waals surface area contributed by atoms with Gasteiger partial charge in [-0.25, -0.2) is 4.98 Å². The van der Waals surface area contributed by atoms with Gasteiger partial charge in [0.1, 0.15) is 17.0 Å². The van der Waals surface area contributed by atoms with Crippen molar-refractivity contribution in [3.05, 3.63) is 71.7 Å². The number of amides is 1. The van der Waals surface area contributed by atoms with Gasteiger partial charge in [-0.05, 0) is 56.5 Å². The number of halogens is 3. The molecule has 1 aliphatic rings. The molecule has 11 heteroatoms. The summed E-state index contributed by atoms with van der Waals surface area (Å²) in [4.78, 5) is 21.4. The quantitative estimate of drug-likeness (QED) is 0.413. The highest BCUT2D eigenvalue weighted by molar-refractivity contribution is 7.90. The standard InChI is InChI=1S/C27H29F3N4O3S/c1-26(2,3)38(37)34-15-20-13-21(25(36)32-16-27(28,29)30)33-24(23(20)22(34)9-11-35)18-7-4-6-17(12-18)19-8-5-10-31-14-19/h4-8,10,12-14,22,35H,9,11,15-16H2,1-3H3,(H,32,36). The van der Waals surface area contributed by atoms with E-state index >= 15 is 0 Å². The highest BCUT2D eigenvalue weighted by Gasteiger charge is 2.45. The van der Waals surface area contributed by atoms with Gasteiger partial charge in [0, 0.05) is 47.1 Å². The molecular formula is C27H29F3N4O3S. The van der Waals surface area contributed by atoms with Gasteiger partial charge in [-0.2, -0.15) is 13.2 Å². The molecule has 1 aliphatic heterocycles. The molecule has 0 fully saturated rings. The zero-order chi connectivity index (χ0) is 27.7. The Kier molecular flexibility index (Phi) is 8.12. The number of alkyl halides is 3. The van der Waals surface area contributed by atoms with Crippen LogP contribution in [0.1, 0.15) is 54.8 Å². The summed E-state index contributed by atoms with van der Waals surface area (Å²) >= 11 is -1.46. The van der Waals surface area contributed by atoms with Crippen molar-refractivity contribution in [1.29, 1.82) is 0 Å². The zero-order valence-electron chi connectivity index (χ0n) is 21.2. The predicted octanol–water partition coefficient (Wildman–Crippen LogP) is 4.80. The van der Waals surface area contributed by atoms with E-state index in [2.05, 4.69) is 9.97 Å². The maximum absolute atomic E-state index is 13.5. The maximum atomic E-state index is 13.5. The van der Waals surface area contributed by atoms with Gasteiger partial charge in [0.05, 0.1) is 18.3 Å². The number of rotatable bonds is 7. The van der Waals surface area contributed by atoms with E-state index in [-0.39, 0.29) is 25.3 Å². The lowest BCUT2D eigenvalue weighted by Gasteiger charge is -2.33. The van der Waals surface area contributed by atoms with Crippen LogP contribution in [0.2, 0.25) is 0 Å². The van der Waals surface area contributed by atoms with E-state index < -0.39 is 40.8 Å². The smallest absolute Gasteiger partial charge is 0.405 e. The summed E-state index contributed by atoms with van der Waals surface area (Å²) in [7, 11) is 0. The monoisotopic (exact) mass is 546 g/mol. The molecule has 0 aliphatic carbocycles. The molecule has 0 bridgehead atoms. The molecule has 1 amide bonds. The predicted molar refractivity (Wildman–Crippen MR) is 139 cm³/mol. The summed E-state index contributed by atoms with van der Waals surface area (Å²) in [6.07, 6.45) is -0.930. The number of carbonyl (C=O) groups is 1. The largest absolute Gasteiger partial charge is 0.597 e. The van der Waals surface area contributed by atoms with Crippen molar-refractivity contribution in [2.75, 3.05) is 13.2 Å². The number of nitrogens with zero attached hydrogens (tertiary/aromatic N) is 3. The fourth-order valence-corrected chi connectivity index (χ4v) is 5.86. The molecule has 0 saturated carbocycles. The van der Waals surface area contributed by atoms with Crippen LogP contribution in [-0.2, 0) is 17.9 Å². The first-order valence-electron chi connectivity index (χ1n) is 12.1. The normalized spacial score (nSPS) is 16.8. The Labute approximate surface area is 222 Å². The molecule has 4 rings (SSSR count). The number of pyridine rings is 2. The van der Waals surface area contributed by atoms with Crippen LogP contribution < -0.4 is 5.32 Å². The Morgan fingerprint density at radius 2 is 1.87 bits per heavy atom. The Morgan fingerprint density at radius 1 is 1.16 bits per heavy atom. The van der Waals surface area contributed by atoms with E-state index in [0.29, 0.717) is 22.4 Å². The molecule has 2 N–H and O–H groups in total. The van der Waals surface area contributed by atoms with Crippen LogP contribution in [-0.4, -0.2) is 53.9 Å². The first kappa shape index (κ1) is 28.0. The van der Waals surface area contributed by atoms with Crippen LogP contribution in [0, 0.1) is 0 Å². The molecule has 1 aromatic carbocycles. The minimum atomic E-state index is -4.57. The molecule has 0 saturated heterocycles. The Bertz CT molecular complexity index is 1300. The molecule has 7 nitrogen and oxygen atoms in total. The van der Waals surface area contributed by atoms with E-state index in [4.69, 9.17) is 0 Å². The summed E-state index contributed by atoms with van der Waals surface area (Å²) in [5.41, 5.74) is 3.90. The van der Waals surface area contributed by atoms with Crippen molar-refractivity contribution < 1.29 is 27.6 Å². The Morgan fingerprint density at radius 3 is 2.50 bits per heavy atom. The van der Waals surface area contributed by atoms with E-state index in [1.807, 2.05) is 50.4 Å². The van der Waals surface area contributed by atoms with Gasteiger partial charge in [0.15, 0.2) is 0 Å². The zero-order valence-corrected chi connectivity index (χ0v) is 22.1. The Hall–Kier alpha value is -2.99. The number of aliphatic hydroxyl groups excluding tert-OH is 1. The number of nitrogens with one attached hydrogen (secondary N) is 1. The van der Waals surface area contributed by atoms with Gasteiger partial charge in [0.2, 0.25) is 0 Å². The summed E-state index contributed by atoms with van der Waals surface area (Å²) < 4.78 is 53.0. The molecule has 2 aromatic heterocycles. The fraction of sp³-hybridized carbons (Fsp3) is 0.370. The average molecular weight is 547 g/mol. The van der Waals surface area contributed by atoms with Crippen LogP contribution >= 0.6 is 0 Å². The third-order valence-electron chi connectivity index (χ3n) is 6.10. The van der Waals surface area contributed by atoms with Crippen LogP contribution in [0.15, 0.2) is 54.9 Å². The molecule has 0 spiro atoms. The number of benzene rings is 1. The maximum Gasteiger partial charge on any atom is 0.405 e. The molecule has 202 valence electrons. The van der Waals surface area contributed by atoms with Gasteiger partial charge in [-0.3, -0.25) is 9.78 Å². The number of hydrogen-bond acceptors (Lipinski definition) is 6. The van der Waals surface area contributed by atoms with Crippen LogP contribution in [0.3, 0.4) is 0 Å². The fourth-order valence-electron chi connectivity index (χ4n) is 4.46. The molecule has 38 heavy (non-hydrogen) atoms. The van der Waals surface area contributed by atoms with Crippen molar-refractivity contribution in [3.8, 4) is 22.4 Å². The first-order chi connectivity index (χ1) is 17.9. The van der Waals surface area contributed by atoms with Gasteiger partial charge in [0.25, 0.3) is 5.91 Å². The van der Waals surface area contributed by atoms with Gasteiger partial charge in [-0.1, -0.05) is 24.3 Å². The second kappa shape index (κ2) is 11.0. The second-order valence-corrected chi connectivity index (χ2v) is 12.2. The SMILES string of the molecule is CC(C)(C)[S+]([O-])N1Cc2cc(C(=O)NCC(F)(F)F)nc(-c3cccc(-c4cccnc4)c3)c2C1CCO. The third-order valence-corrected chi connectivity index (χ3v) is 7.96. The molecule has 3 heterocycles. The second-order valence-electron chi connectivity index (χ2n) is 10.0. The van der Waals surface area contributed by atoms with Crippen LogP contribution in [0.4, 0.5) is 13.2 Å². The van der Waals surface area contributed by atoms with Crippen LogP contribution in [0.5, 0.6) is 0 Å². The average Bonchev–Trinajstić information content (AvgIpc) is 3.24. The minimum Gasteiger partial charge on any atom is -0.597 e. The summed E-state index contributed by atoms with van der Waals surface area (Å²) in [6.45, 7) is 4.06. The number of aromatic nitrogens is 2. The highest BCUT2D eigenvalue weighted by Crippen LogP contribution is 2.45. The van der Waals surface area contributed by atoms with E-state index in [1.54, 1.807) is 28.8 Å². The van der Waals surface area contributed by atoms with E-state index in [0.717, 1.165) is 11.1 Å². The van der Waals surface area contributed by atoms with Crippen LogP contribution in [0.25, 0.3) is 22.4 Å². The van der Waals surface area contributed by atoms with Crippen molar-refractivity contribution in [3.63, 3.8) is 0 Å². The molecule has 2 unspecified atom stereocenters. The van der Waals surface area contributed by atoms with Crippen molar-refractivity contribution in [2.24, 2.45) is 0 Å². The number of aliphatic hydroxyl groups is 1. The minimum absolute atomic E-state index is 0.166. The molecule has 0 radical (unpaired) electrons. The molecular weight excluding hydrogens is 517 g/mol. The molecule has 3 aromatic rings. The van der Waals surface area contributed by atoms with Gasteiger partial charge >= 0.3 is 6.18 Å². The molecule has 2 atom stereocenters. The lowest BCUT2D eigenvalue weighted by Crippen LogP contribution is -2.42. The lowest BCUT2D eigenvalue weighted by molar-refractivity contribution is -0.123.